The fraction of sp³-hybridized carbons (Fsp3) is 0.136. The highest BCUT2D eigenvalue weighted by Crippen LogP contribution is 2.41. The average Bonchev–Trinajstić information content (AvgIpc) is 3.48. The van der Waals surface area contributed by atoms with E-state index >= 15 is 0 Å². The predicted molar refractivity (Wildman–Crippen MR) is 95.6 cm³/mol. The molecular formula is C22H18O3. The largest absolute Gasteiger partial charge is 0.488 e. The molecule has 0 N–H and O–H groups in total. The summed E-state index contributed by atoms with van der Waals surface area (Å²) >= 11 is 0. The molecule has 3 aromatic rings. The number of para-hydroxylation sites is 1. The molecule has 25 heavy (non-hydrogen) atoms. The summed E-state index contributed by atoms with van der Waals surface area (Å²) in [5.74, 6) is 0.566. The average molecular weight is 330 g/mol. The second kappa shape index (κ2) is 6.91. The van der Waals surface area contributed by atoms with E-state index in [1.807, 2.05) is 78.9 Å². The number of hydrogen-bond donors (Lipinski definition) is 0. The maximum absolute atomic E-state index is 12.8. The van der Waals surface area contributed by atoms with Gasteiger partial charge in [-0.05, 0) is 23.3 Å². The lowest BCUT2D eigenvalue weighted by molar-refractivity contribution is 0.0949. The van der Waals surface area contributed by atoms with E-state index in [9.17, 15) is 4.79 Å². The minimum Gasteiger partial charge on any atom is -0.488 e. The van der Waals surface area contributed by atoms with Crippen LogP contribution in [0.4, 0.5) is 0 Å². The first kappa shape index (κ1) is 15.6. The third kappa shape index (κ3) is 3.47. The Morgan fingerprint density at radius 3 is 2.24 bits per heavy atom. The number of epoxide rings is 1. The summed E-state index contributed by atoms with van der Waals surface area (Å²) < 4.78 is 11.5. The summed E-state index contributed by atoms with van der Waals surface area (Å²) in [5.41, 5.74) is 2.67. The monoisotopic (exact) mass is 330 g/mol. The van der Waals surface area contributed by atoms with E-state index in [4.69, 9.17) is 9.47 Å². The molecule has 1 heterocycles. The zero-order valence-electron chi connectivity index (χ0n) is 13.7. The van der Waals surface area contributed by atoms with Gasteiger partial charge in [0.1, 0.15) is 18.5 Å². The lowest BCUT2D eigenvalue weighted by Crippen LogP contribution is -2.10. The molecule has 1 fully saturated rings. The standard InChI is InChI=1S/C22H18O3/c23-20(22-21(25-22)17-11-5-2-6-12-17)18-13-7-8-14-19(18)24-15-16-9-3-1-4-10-16/h1-14,21-22H,15H2/t21-,22-/m1/s1. The van der Waals surface area contributed by atoms with Crippen molar-refractivity contribution < 1.29 is 14.3 Å². The van der Waals surface area contributed by atoms with Gasteiger partial charge in [-0.2, -0.15) is 0 Å². The molecule has 2 atom stereocenters. The molecule has 124 valence electrons. The zero-order chi connectivity index (χ0) is 17.1. The van der Waals surface area contributed by atoms with E-state index in [0.29, 0.717) is 17.9 Å². The normalized spacial score (nSPS) is 18.6. The Morgan fingerprint density at radius 2 is 1.48 bits per heavy atom. The molecule has 0 spiro atoms. The van der Waals surface area contributed by atoms with Crippen molar-refractivity contribution in [3.63, 3.8) is 0 Å². The van der Waals surface area contributed by atoms with Gasteiger partial charge in [-0.1, -0.05) is 72.8 Å². The van der Waals surface area contributed by atoms with Crippen LogP contribution in [0.3, 0.4) is 0 Å². The molecule has 0 unspecified atom stereocenters. The van der Waals surface area contributed by atoms with E-state index in [0.717, 1.165) is 11.1 Å². The number of hydrogen-bond acceptors (Lipinski definition) is 3. The van der Waals surface area contributed by atoms with E-state index in [1.165, 1.54) is 0 Å². The van der Waals surface area contributed by atoms with E-state index in [2.05, 4.69) is 0 Å². The molecule has 0 aromatic heterocycles. The Labute approximate surface area is 146 Å². The molecule has 1 saturated heterocycles. The van der Waals surface area contributed by atoms with E-state index < -0.39 is 6.10 Å². The van der Waals surface area contributed by atoms with Crippen LogP contribution in [0, 0.1) is 0 Å². The topological polar surface area (TPSA) is 38.8 Å². The fourth-order valence-corrected chi connectivity index (χ4v) is 2.89. The Kier molecular flexibility index (Phi) is 4.32. The van der Waals surface area contributed by atoms with Crippen molar-refractivity contribution in [3.8, 4) is 5.75 Å². The SMILES string of the molecule is O=C(c1ccccc1OCc1ccccc1)[C@H]1O[C@@H]1c1ccccc1. The van der Waals surface area contributed by atoms with Crippen molar-refractivity contribution in [1.82, 2.24) is 0 Å². The highest BCUT2D eigenvalue weighted by Gasteiger charge is 2.46. The summed E-state index contributed by atoms with van der Waals surface area (Å²) in [7, 11) is 0. The summed E-state index contributed by atoms with van der Waals surface area (Å²) in [6, 6.07) is 27.1. The number of ketones is 1. The van der Waals surface area contributed by atoms with Crippen molar-refractivity contribution in [2.45, 2.75) is 18.8 Å². The first-order valence-corrected chi connectivity index (χ1v) is 8.33. The number of carbonyl (C=O) groups is 1. The zero-order valence-corrected chi connectivity index (χ0v) is 13.7. The lowest BCUT2D eigenvalue weighted by Gasteiger charge is -2.10. The van der Waals surface area contributed by atoms with E-state index in [-0.39, 0.29) is 11.9 Å². The minimum atomic E-state index is -0.427. The number of rotatable bonds is 6. The molecule has 0 bridgehead atoms. The third-order valence-corrected chi connectivity index (χ3v) is 4.27. The van der Waals surface area contributed by atoms with Crippen LogP contribution < -0.4 is 4.74 Å². The van der Waals surface area contributed by atoms with Gasteiger partial charge in [-0.3, -0.25) is 4.79 Å². The lowest BCUT2D eigenvalue weighted by atomic mass is 10.0. The fourth-order valence-electron chi connectivity index (χ4n) is 2.89. The maximum Gasteiger partial charge on any atom is 0.198 e. The summed E-state index contributed by atoms with van der Waals surface area (Å²) in [6.07, 6.45) is -0.584. The number of benzene rings is 3. The Bertz CT molecular complexity index is 859. The molecule has 1 aliphatic heterocycles. The molecule has 0 aliphatic carbocycles. The quantitative estimate of drug-likeness (QED) is 0.490. The van der Waals surface area contributed by atoms with Gasteiger partial charge >= 0.3 is 0 Å². The van der Waals surface area contributed by atoms with E-state index in [1.54, 1.807) is 6.07 Å². The second-order valence-corrected chi connectivity index (χ2v) is 6.02. The van der Waals surface area contributed by atoms with Crippen molar-refractivity contribution in [2.24, 2.45) is 0 Å². The summed E-state index contributed by atoms with van der Waals surface area (Å²) in [6.45, 7) is 0.429. The summed E-state index contributed by atoms with van der Waals surface area (Å²) in [4.78, 5) is 12.8. The molecule has 3 nitrogen and oxygen atoms in total. The molecule has 4 rings (SSSR count). The summed E-state index contributed by atoms with van der Waals surface area (Å²) in [5, 5.41) is 0. The molecule has 3 aromatic carbocycles. The third-order valence-electron chi connectivity index (χ3n) is 4.27. The second-order valence-electron chi connectivity index (χ2n) is 6.02. The first-order chi connectivity index (χ1) is 12.3. The minimum absolute atomic E-state index is 0.0301. The van der Waals surface area contributed by atoms with Gasteiger partial charge in [0.25, 0.3) is 0 Å². The molecule has 0 amide bonds. The molecule has 1 aliphatic rings. The van der Waals surface area contributed by atoms with Gasteiger partial charge in [0.2, 0.25) is 0 Å². The molecule has 3 heteroatoms. The van der Waals surface area contributed by atoms with Crippen LogP contribution in [-0.4, -0.2) is 11.9 Å². The van der Waals surface area contributed by atoms with Crippen LogP contribution in [-0.2, 0) is 11.3 Å². The van der Waals surface area contributed by atoms with Crippen LogP contribution in [0.25, 0.3) is 0 Å². The number of Topliss-reactive ketones (excluding diaryl/α,β-unsaturated/α-hetero) is 1. The van der Waals surface area contributed by atoms with Crippen molar-refractivity contribution >= 4 is 5.78 Å². The van der Waals surface area contributed by atoms with Crippen LogP contribution in [0.1, 0.15) is 27.6 Å². The highest BCUT2D eigenvalue weighted by molar-refractivity contribution is 6.03. The highest BCUT2D eigenvalue weighted by atomic mass is 16.6. The molecular weight excluding hydrogens is 312 g/mol. The Morgan fingerprint density at radius 1 is 0.840 bits per heavy atom. The smallest absolute Gasteiger partial charge is 0.198 e. The van der Waals surface area contributed by atoms with Gasteiger partial charge in [0.05, 0.1) is 5.56 Å². The van der Waals surface area contributed by atoms with Gasteiger partial charge in [-0.15, -0.1) is 0 Å². The Balaban J connectivity index is 1.48. The van der Waals surface area contributed by atoms with Crippen LogP contribution in [0.15, 0.2) is 84.9 Å². The van der Waals surface area contributed by atoms with Gasteiger partial charge in [-0.25, -0.2) is 0 Å². The van der Waals surface area contributed by atoms with Gasteiger partial charge < -0.3 is 9.47 Å². The van der Waals surface area contributed by atoms with Crippen molar-refractivity contribution in [1.29, 1.82) is 0 Å². The van der Waals surface area contributed by atoms with Crippen molar-refractivity contribution in [3.05, 3.63) is 102 Å². The maximum atomic E-state index is 12.8. The van der Waals surface area contributed by atoms with Crippen molar-refractivity contribution in [2.75, 3.05) is 0 Å². The van der Waals surface area contributed by atoms with Crippen LogP contribution in [0.5, 0.6) is 5.75 Å². The predicted octanol–water partition coefficient (Wildman–Crippen LogP) is 4.59. The number of ether oxygens (including phenoxy) is 2. The molecule has 0 saturated carbocycles. The first-order valence-electron chi connectivity index (χ1n) is 8.33. The Hall–Kier alpha value is -2.91. The van der Waals surface area contributed by atoms with Gasteiger partial charge in [0.15, 0.2) is 11.9 Å². The van der Waals surface area contributed by atoms with Crippen LogP contribution >= 0.6 is 0 Å². The molecule has 0 radical (unpaired) electrons. The number of carbonyl (C=O) groups excluding carboxylic acids is 1. The van der Waals surface area contributed by atoms with Gasteiger partial charge in [0, 0.05) is 0 Å². The van der Waals surface area contributed by atoms with Crippen LogP contribution in [0.2, 0.25) is 0 Å².